The van der Waals surface area contributed by atoms with E-state index in [-0.39, 0.29) is 5.91 Å². The van der Waals surface area contributed by atoms with E-state index in [0.29, 0.717) is 18.8 Å². The first kappa shape index (κ1) is 16.7. The molecule has 0 aromatic carbocycles. The smallest absolute Gasteiger partial charge is 0.408 e. The fourth-order valence-corrected chi connectivity index (χ4v) is 2.45. The van der Waals surface area contributed by atoms with E-state index in [0.717, 1.165) is 10.9 Å². The van der Waals surface area contributed by atoms with Crippen LogP contribution in [0.5, 0.6) is 0 Å². The number of nitrogens with zero attached hydrogens (tertiary/aromatic N) is 2. The van der Waals surface area contributed by atoms with Gasteiger partial charge in [0.2, 0.25) is 0 Å². The Morgan fingerprint density at radius 1 is 1.45 bits per heavy atom. The molecule has 0 radical (unpaired) electrons. The second-order valence-electron chi connectivity index (χ2n) is 6.17. The van der Waals surface area contributed by atoms with Gasteiger partial charge in [-0.3, -0.25) is 9.69 Å². The predicted octanol–water partition coefficient (Wildman–Crippen LogP) is 2.86. The van der Waals surface area contributed by atoms with E-state index in [4.69, 9.17) is 4.74 Å². The van der Waals surface area contributed by atoms with E-state index < -0.39 is 17.7 Å². The van der Waals surface area contributed by atoms with Gasteiger partial charge in [0.15, 0.2) is 0 Å². The summed E-state index contributed by atoms with van der Waals surface area (Å²) in [5.41, 5.74) is -0.589. The van der Waals surface area contributed by atoms with Gasteiger partial charge in [0.05, 0.1) is 0 Å². The highest BCUT2D eigenvalue weighted by molar-refractivity contribution is 9.10. The summed E-state index contributed by atoms with van der Waals surface area (Å²) in [6, 6.07) is 3.03. The van der Waals surface area contributed by atoms with Crippen molar-refractivity contribution in [2.45, 2.75) is 45.3 Å². The molecule has 6 nitrogen and oxygen atoms in total. The number of hydrogen-bond acceptors (Lipinski definition) is 4. The van der Waals surface area contributed by atoms with Gasteiger partial charge in [0.25, 0.3) is 5.91 Å². The van der Waals surface area contributed by atoms with Crippen molar-refractivity contribution < 1.29 is 14.3 Å². The molecule has 1 aliphatic rings. The summed E-state index contributed by atoms with van der Waals surface area (Å²) >= 11 is 3.32. The molecule has 1 saturated heterocycles. The highest BCUT2D eigenvalue weighted by Gasteiger charge is 2.32. The number of halogens is 1. The van der Waals surface area contributed by atoms with Crippen LogP contribution in [-0.4, -0.2) is 35.2 Å². The lowest BCUT2D eigenvalue weighted by atomic mass is 10.0. The maximum Gasteiger partial charge on any atom is 0.408 e. The number of aromatic nitrogens is 1. The number of hydrogen-bond donors (Lipinski definition) is 1. The third-order valence-electron chi connectivity index (χ3n) is 3.12. The van der Waals surface area contributed by atoms with Crippen molar-refractivity contribution >= 4 is 33.7 Å². The Morgan fingerprint density at radius 2 is 2.18 bits per heavy atom. The Labute approximate surface area is 138 Å². The molecule has 1 aromatic rings. The van der Waals surface area contributed by atoms with Crippen LogP contribution in [0.2, 0.25) is 0 Å². The van der Waals surface area contributed by atoms with Crippen molar-refractivity contribution in [2.24, 2.45) is 0 Å². The fraction of sp³-hybridized carbons (Fsp3) is 0.533. The number of pyridine rings is 1. The molecule has 0 unspecified atom stereocenters. The zero-order chi connectivity index (χ0) is 16.3. The maximum atomic E-state index is 12.5. The van der Waals surface area contributed by atoms with Crippen LogP contribution in [0.25, 0.3) is 0 Å². The zero-order valence-corrected chi connectivity index (χ0v) is 14.5. The van der Waals surface area contributed by atoms with E-state index in [1.54, 1.807) is 37.9 Å². The Hall–Kier alpha value is -1.63. The van der Waals surface area contributed by atoms with E-state index in [1.807, 2.05) is 6.07 Å². The standard InChI is InChI=1S/C15H20BrN3O3/c1-15(2,3)22-14(21)18-11-5-4-8-19(13(11)20)12-7-6-10(16)9-17-12/h6-7,9,11H,4-5,8H2,1-3H3,(H,18,21)/t11-/m1/s1. The molecule has 1 atom stereocenters. The van der Waals surface area contributed by atoms with Crippen LogP contribution >= 0.6 is 15.9 Å². The molecule has 7 heteroatoms. The maximum absolute atomic E-state index is 12.5. The summed E-state index contributed by atoms with van der Waals surface area (Å²) in [6.45, 7) is 5.95. The summed E-state index contributed by atoms with van der Waals surface area (Å²) in [7, 11) is 0. The van der Waals surface area contributed by atoms with Crippen LogP contribution in [0, 0.1) is 0 Å². The number of rotatable bonds is 2. The molecular formula is C15H20BrN3O3. The first-order valence-corrected chi connectivity index (χ1v) is 7.98. The number of ether oxygens (including phenoxy) is 1. The molecule has 1 aromatic heterocycles. The van der Waals surface area contributed by atoms with Gasteiger partial charge in [-0.2, -0.15) is 0 Å². The summed E-state index contributed by atoms with van der Waals surface area (Å²) in [6.07, 6.45) is 2.47. The van der Waals surface area contributed by atoms with Crippen molar-refractivity contribution in [2.75, 3.05) is 11.4 Å². The molecule has 2 rings (SSSR count). The second kappa shape index (κ2) is 6.64. The minimum absolute atomic E-state index is 0.160. The number of piperidine rings is 1. The Kier molecular flexibility index (Phi) is 5.05. The molecule has 1 aliphatic heterocycles. The molecule has 2 heterocycles. The molecule has 1 fully saturated rings. The number of carbonyl (C=O) groups is 2. The minimum Gasteiger partial charge on any atom is -0.444 e. The van der Waals surface area contributed by atoms with Crippen LogP contribution in [0.15, 0.2) is 22.8 Å². The molecule has 0 aliphatic carbocycles. The number of amides is 2. The van der Waals surface area contributed by atoms with Gasteiger partial charge >= 0.3 is 6.09 Å². The van der Waals surface area contributed by atoms with E-state index in [2.05, 4.69) is 26.2 Å². The van der Waals surface area contributed by atoms with Crippen molar-refractivity contribution in [3.05, 3.63) is 22.8 Å². The van der Waals surface area contributed by atoms with Gasteiger partial charge in [0, 0.05) is 17.2 Å². The average Bonchev–Trinajstić information content (AvgIpc) is 2.40. The molecule has 22 heavy (non-hydrogen) atoms. The first-order chi connectivity index (χ1) is 10.3. The third-order valence-corrected chi connectivity index (χ3v) is 3.59. The van der Waals surface area contributed by atoms with Gasteiger partial charge in [-0.25, -0.2) is 9.78 Å². The van der Waals surface area contributed by atoms with Crippen LogP contribution in [-0.2, 0) is 9.53 Å². The van der Waals surface area contributed by atoms with Crippen molar-refractivity contribution in [3.8, 4) is 0 Å². The Morgan fingerprint density at radius 3 is 2.77 bits per heavy atom. The third kappa shape index (κ3) is 4.43. The van der Waals surface area contributed by atoms with E-state index in [1.165, 1.54) is 0 Å². The lowest BCUT2D eigenvalue weighted by Crippen LogP contribution is -2.53. The van der Waals surface area contributed by atoms with Crippen LogP contribution in [0.3, 0.4) is 0 Å². The van der Waals surface area contributed by atoms with Crippen LogP contribution in [0.1, 0.15) is 33.6 Å². The van der Waals surface area contributed by atoms with Crippen LogP contribution in [0.4, 0.5) is 10.6 Å². The van der Waals surface area contributed by atoms with Gasteiger partial charge in [-0.1, -0.05) is 0 Å². The number of anilines is 1. The molecule has 120 valence electrons. The lowest BCUT2D eigenvalue weighted by Gasteiger charge is -2.32. The summed E-state index contributed by atoms with van der Waals surface area (Å²) in [5, 5.41) is 2.65. The molecule has 0 spiro atoms. The highest BCUT2D eigenvalue weighted by Crippen LogP contribution is 2.21. The van der Waals surface area contributed by atoms with Crippen molar-refractivity contribution in [1.29, 1.82) is 0 Å². The van der Waals surface area contributed by atoms with Crippen LogP contribution < -0.4 is 10.2 Å². The Balaban J connectivity index is 2.04. The number of carbonyl (C=O) groups excluding carboxylic acids is 2. The summed E-state index contributed by atoms with van der Waals surface area (Å²) in [5.74, 6) is 0.427. The first-order valence-electron chi connectivity index (χ1n) is 7.19. The summed E-state index contributed by atoms with van der Waals surface area (Å²) < 4.78 is 6.05. The molecule has 0 saturated carbocycles. The van der Waals surface area contributed by atoms with Gasteiger partial charge in [-0.15, -0.1) is 0 Å². The molecule has 2 amide bonds. The largest absolute Gasteiger partial charge is 0.444 e. The summed E-state index contributed by atoms with van der Waals surface area (Å²) in [4.78, 5) is 30.2. The number of alkyl carbamates (subject to hydrolysis) is 1. The minimum atomic E-state index is -0.589. The zero-order valence-electron chi connectivity index (χ0n) is 12.9. The molecule has 1 N–H and O–H groups in total. The van der Waals surface area contributed by atoms with Crippen molar-refractivity contribution in [3.63, 3.8) is 0 Å². The van der Waals surface area contributed by atoms with E-state index >= 15 is 0 Å². The van der Waals surface area contributed by atoms with Gasteiger partial charge in [-0.05, 0) is 61.7 Å². The number of nitrogens with one attached hydrogen (secondary N) is 1. The highest BCUT2D eigenvalue weighted by atomic mass is 79.9. The molecular weight excluding hydrogens is 350 g/mol. The Bertz CT molecular complexity index is 554. The quantitative estimate of drug-likeness (QED) is 0.869. The second-order valence-corrected chi connectivity index (χ2v) is 7.08. The predicted molar refractivity (Wildman–Crippen MR) is 86.7 cm³/mol. The SMILES string of the molecule is CC(C)(C)OC(=O)N[C@@H]1CCCN(c2ccc(Br)cn2)C1=O. The fourth-order valence-electron chi connectivity index (χ4n) is 2.21. The van der Waals surface area contributed by atoms with E-state index in [9.17, 15) is 9.59 Å². The lowest BCUT2D eigenvalue weighted by molar-refractivity contribution is -0.121. The average molecular weight is 370 g/mol. The normalized spacial score (nSPS) is 19.0. The monoisotopic (exact) mass is 369 g/mol. The molecule has 0 bridgehead atoms. The van der Waals surface area contributed by atoms with Crippen molar-refractivity contribution in [1.82, 2.24) is 10.3 Å². The van der Waals surface area contributed by atoms with Gasteiger partial charge < -0.3 is 10.1 Å². The topological polar surface area (TPSA) is 71.5 Å². The van der Waals surface area contributed by atoms with Gasteiger partial charge in [0.1, 0.15) is 17.5 Å².